The molecule has 3 aromatic rings. The van der Waals surface area contributed by atoms with Gasteiger partial charge in [-0.3, -0.25) is 4.72 Å². The minimum atomic E-state index is -4.65. The largest absolute Gasteiger partial charge is 0.418 e. The number of anilines is 2. The zero-order valence-electron chi connectivity index (χ0n) is 18.4. The average Bonchev–Trinajstić information content (AvgIpc) is 2.79. The molecule has 1 saturated heterocycles. The number of aromatic nitrogens is 2. The third kappa shape index (κ3) is 5.48. The highest BCUT2D eigenvalue weighted by molar-refractivity contribution is 7.92. The van der Waals surface area contributed by atoms with Gasteiger partial charge in [-0.2, -0.15) is 21.6 Å². The quantitative estimate of drug-likeness (QED) is 0.472. The summed E-state index contributed by atoms with van der Waals surface area (Å²) in [6.45, 7) is 3.39. The second-order valence-corrected chi connectivity index (χ2v) is 9.67. The Kier molecular flexibility index (Phi) is 6.76. The fourth-order valence-corrected chi connectivity index (χ4v) is 4.77. The maximum atomic E-state index is 13.6. The number of aryl methyl sites for hydroxylation is 1. The standard InChI is InChI=1S/C23H24F3N5O2S/c1-15-5-2-3-6-17(15)22-18(23(24,25)26)9-10-20(30-22)31-34(32,33)21-8-4-7-19(29-21)28-16-11-13-27-14-12-16/h2-10,16,27H,11-14H2,1H3,(H,28,29)(H,30,31). The molecule has 1 aliphatic heterocycles. The molecular formula is C23H24F3N5O2S. The molecule has 34 heavy (non-hydrogen) atoms. The Morgan fingerprint density at radius 3 is 2.38 bits per heavy atom. The molecule has 3 heterocycles. The van der Waals surface area contributed by atoms with Gasteiger partial charge >= 0.3 is 6.18 Å². The van der Waals surface area contributed by atoms with Gasteiger partial charge in [0.05, 0.1) is 11.3 Å². The van der Waals surface area contributed by atoms with Crippen molar-refractivity contribution in [3.63, 3.8) is 0 Å². The van der Waals surface area contributed by atoms with Crippen LogP contribution in [0.1, 0.15) is 24.0 Å². The molecule has 0 unspecified atom stereocenters. The average molecular weight is 492 g/mol. The SMILES string of the molecule is Cc1ccccc1-c1nc(NS(=O)(=O)c2cccc(NC3CCNCC3)n2)ccc1C(F)(F)F. The number of alkyl halides is 3. The van der Waals surface area contributed by atoms with E-state index in [1.165, 1.54) is 12.1 Å². The van der Waals surface area contributed by atoms with Crippen LogP contribution in [0.5, 0.6) is 0 Å². The molecule has 0 aliphatic carbocycles. The van der Waals surface area contributed by atoms with Gasteiger partial charge in [-0.15, -0.1) is 0 Å². The number of pyridine rings is 2. The smallest absolute Gasteiger partial charge is 0.367 e. The van der Waals surface area contributed by atoms with Gasteiger partial charge in [0.2, 0.25) is 0 Å². The van der Waals surface area contributed by atoms with Gasteiger partial charge in [-0.05, 0) is 62.7 Å². The lowest BCUT2D eigenvalue weighted by Crippen LogP contribution is -2.35. The molecule has 2 aromatic heterocycles. The normalized spacial score (nSPS) is 15.2. The van der Waals surface area contributed by atoms with Crippen LogP contribution in [-0.2, 0) is 16.2 Å². The number of sulfonamides is 1. The lowest BCUT2D eigenvalue weighted by molar-refractivity contribution is -0.137. The Morgan fingerprint density at radius 2 is 1.68 bits per heavy atom. The Balaban J connectivity index is 1.64. The summed E-state index contributed by atoms with van der Waals surface area (Å²) in [6.07, 6.45) is -2.89. The van der Waals surface area contributed by atoms with Crippen LogP contribution in [-0.4, -0.2) is 37.5 Å². The molecule has 0 amide bonds. The molecule has 0 atom stereocenters. The van der Waals surface area contributed by atoms with Crippen molar-refractivity contribution in [2.45, 2.75) is 37.0 Å². The first kappa shape index (κ1) is 24.0. The van der Waals surface area contributed by atoms with Crippen LogP contribution in [0.25, 0.3) is 11.3 Å². The van der Waals surface area contributed by atoms with E-state index in [9.17, 15) is 21.6 Å². The van der Waals surface area contributed by atoms with E-state index < -0.39 is 21.8 Å². The molecule has 1 aromatic carbocycles. The first-order valence-corrected chi connectivity index (χ1v) is 12.2. The zero-order chi connectivity index (χ0) is 24.3. The Labute approximate surface area is 195 Å². The topological polar surface area (TPSA) is 96.0 Å². The molecule has 0 radical (unpaired) electrons. The van der Waals surface area contributed by atoms with E-state index in [2.05, 4.69) is 25.3 Å². The highest BCUT2D eigenvalue weighted by atomic mass is 32.2. The van der Waals surface area contributed by atoms with E-state index >= 15 is 0 Å². The molecular weight excluding hydrogens is 467 g/mol. The third-order valence-corrected chi connectivity index (χ3v) is 6.79. The summed E-state index contributed by atoms with van der Waals surface area (Å²) in [6, 6.07) is 13.0. The third-order valence-electron chi connectivity index (χ3n) is 5.53. The number of halogens is 3. The van der Waals surface area contributed by atoms with Crippen LogP contribution in [0.3, 0.4) is 0 Å². The molecule has 1 aliphatic rings. The fourth-order valence-electron chi connectivity index (χ4n) is 3.80. The number of nitrogens with zero attached hydrogens (tertiary/aromatic N) is 2. The van der Waals surface area contributed by atoms with Crippen LogP contribution in [0.2, 0.25) is 0 Å². The number of hydrogen-bond donors (Lipinski definition) is 3. The number of hydrogen-bond acceptors (Lipinski definition) is 6. The van der Waals surface area contributed by atoms with E-state index in [0.29, 0.717) is 11.4 Å². The minimum absolute atomic E-state index is 0.174. The van der Waals surface area contributed by atoms with Gasteiger partial charge in [-0.1, -0.05) is 30.3 Å². The van der Waals surface area contributed by atoms with Crippen LogP contribution >= 0.6 is 0 Å². The molecule has 3 N–H and O–H groups in total. The van der Waals surface area contributed by atoms with Crippen LogP contribution in [0.4, 0.5) is 24.8 Å². The number of benzene rings is 1. The van der Waals surface area contributed by atoms with Crippen molar-refractivity contribution in [2.75, 3.05) is 23.1 Å². The Hall–Kier alpha value is -3.18. The molecule has 0 saturated carbocycles. The lowest BCUT2D eigenvalue weighted by atomic mass is 10.0. The maximum Gasteiger partial charge on any atom is 0.418 e. The van der Waals surface area contributed by atoms with E-state index in [1.807, 2.05) is 0 Å². The Bertz CT molecular complexity index is 1280. The number of piperidine rings is 1. The first-order valence-electron chi connectivity index (χ1n) is 10.7. The van der Waals surface area contributed by atoms with E-state index in [0.717, 1.165) is 38.1 Å². The summed E-state index contributed by atoms with van der Waals surface area (Å²) in [5.41, 5.74) is -0.447. The van der Waals surface area contributed by atoms with Crippen LogP contribution in [0, 0.1) is 6.92 Å². The first-order chi connectivity index (χ1) is 16.1. The summed E-state index contributed by atoms with van der Waals surface area (Å²) < 4.78 is 69.1. The van der Waals surface area contributed by atoms with Crippen molar-refractivity contribution < 1.29 is 21.6 Å². The van der Waals surface area contributed by atoms with Crippen molar-refractivity contribution in [3.8, 4) is 11.3 Å². The van der Waals surface area contributed by atoms with Gasteiger partial charge in [-0.25, -0.2) is 9.97 Å². The Morgan fingerprint density at radius 1 is 0.941 bits per heavy atom. The van der Waals surface area contributed by atoms with Gasteiger partial charge in [0, 0.05) is 11.6 Å². The summed E-state index contributed by atoms with van der Waals surface area (Å²) in [5, 5.41) is 6.23. The molecule has 0 bridgehead atoms. The van der Waals surface area contributed by atoms with Gasteiger partial charge < -0.3 is 10.6 Å². The van der Waals surface area contributed by atoms with E-state index in [-0.39, 0.29) is 28.1 Å². The molecule has 180 valence electrons. The van der Waals surface area contributed by atoms with Gasteiger partial charge in [0.15, 0.2) is 5.03 Å². The molecule has 11 heteroatoms. The van der Waals surface area contributed by atoms with Crippen molar-refractivity contribution >= 4 is 21.7 Å². The monoisotopic (exact) mass is 491 g/mol. The predicted molar refractivity (Wildman–Crippen MR) is 124 cm³/mol. The fraction of sp³-hybridized carbons (Fsp3) is 0.304. The van der Waals surface area contributed by atoms with Gasteiger partial charge in [0.25, 0.3) is 10.0 Å². The summed E-state index contributed by atoms with van der Waals surface area (Å²) in [4.78, 5) is 8.23. The second kappa shape index (κ2) is 9.59. The van der Waals surface area contributed by atoms with Crippen LogP contribution < -0.4 is 15.4 Å². The van der Waals surface area contributed by atoms with Crippen molar-refractivity contribution in [2.24, 2.45) is 0 Å². The van der Waals surface area contributed by atoms with Crippen molar-refractivity contribution in [3.05, 3.63) is 65.7 Å². The highest BCUT2D eigenvalue weighted by Crippen LogP contribution is 2.38. The van der Waals surface area contributed by atoms with Crippen molar-refractivity contribution in [1.29, 1.82) is 0 Å². The summed E-state index contributed by atoms with van der Waals surface area (Å²) >= 11 is 0. The van der Waals surface area contributed by atoms with Gasteiger partial charge in [0.1, 0.15) is 11.6 Å². The second-order valence-electron chi connectivity index (χ2n) is 8.04. The summed E-state index contributed by atoms with van der Waals surface area (Å²) in [7, 11) is -4.19. The molecule has 4 rings (SSSR count). The molecule has 7 nitrogen and oxygen atoms in total. The lowest BCUT2D eigenvalue weighted by Gasteiger charge is -2.24. The maximum absolute atomic E-state index is 13.6. The van der Waals surface area contributed by atoms with Crippen LogP contribution in [0.15, 0.2) is 59.6 Å². The molecule has 0 spiro atoms. The predicted octanol–water partition coefficient (Wildman–Crippen LogP) is 4.44. The zero-order valence-corrected chi connectivity index (χ0v) is 19.2. The summed E-state index contributed by atoms with van der Waals surface area (Å²) in [5.74, 6) is 0.181. The van der Waals surface area contributed by atoms with E-state index in [4.69, 9.17) is 0 Å². The number of nitrogens with one attached hydrogen (secondary N) is 3. The highest BCUT2D eigenvalue weighted by Gasteiger charge is 2.35. The van der Waals surface area contributed by atoms with Crippen molar-refractivity contribution in [1.82, 2.24) is 15.3 Å². The minimum Gasteiger partial charge on any atom is -0.367 e. The molecule has 1 fully saturated rings. The van der Waals surface area contributed by atoms with E-state index in [1.54, 1.807) is 37.3 Å². The number of rotatable bonds is 6.